The maximum absolute atomic E-state index is 12.7. The normalized spacial score (nSPS) is 15.9. The Morgan fingerprint density at radius 2 is 1.97 bits per heavy atom. The van der Waals surface area contributed by atoms with Crippen molar-refractivity contribution in [1.29, 1.82) is 0 Å². The van der Waals surface area contributed by atoms with E-state index in [2.05, 4.69) is 14.7 Å². The van der Waals surface area contributed by atoms with Gasteiger partial charge in [-0.15, -0.1) is 0 Å². The molecule has 0 aliphatic carbocycles. The number of hydrogen-bond acceptors (Lipinski definition) is 7. The lowest BCUT2D eigenvalue weighted by Gasteiger charge is -2.14. The first-order chi connectivity index (χ1) is 14.9. The molecular weight excluding hydrogens is 398 g/mol. The van der Waals surface area contributed by atoms with E-state index in [9.17, 15) is 9.59 Å². The Kier molecular flexibility index (Phi) is 5.99. The number of esters is 1. The van der Waals surface area contributed by atoms with Gasteiger partial charge in [-0.25, -0.2) is 4.79 Å². The molecule has 8 nitrogen and oxygen atoms in total. The lowest BCUT2D eigenvalue weighted by molar-refractivity contribution is 0.0474. The highest BCUT2D eigenvalue weighted by molar-refractivity contribution is 6.00. The smallest absolute Gasteiger partial charge is 0.338 e. The number of rotatable bonds is 7. The van der Waals surface area contributed by atoms with Crippen LogP contribution in [0.4, 0.5) is 0 Å². The van der Waals surface area contributed by atoms with Crippen molar-refractivity contribution in [3.05, 3.63) is 58.7 Å². The van der Waals surface area contributed by atoms with E-state index in [0.29, 0.717) is 28.4 Å². The van der Waals surface area contributed by atoms with E-state index in [0.717, 1.165) is 37.4 Å². The summed E-state index contributed by atoms with van der Waals surface area (Å²) in [4.78, 5) is 29.2. The number of nitrogens with zero attached hydrogens (tertiary/aromatic N) is 3. The van der Waals surface area contributed by atoms with Crippen LogP contribution in [-0.4, -0.2) is 45.8 Å². The Morgan fingerprint density at radius 3 is 2.61 bits per heavy atom. The molecule has 1 aromatic carbocycles. The van der Waals surface area contributed by atoms with Gasteiger partial charge >= 0.3 is 5.97 Å². The van der Waals surface area contributed by atoms with Gasteiger partial charge in [-0.1, -0.05) is 5.16 Å². The van der Waals surface area contributed by atoms with E-state index in [1.807, 2.05) is 19.9 Å². The van der Waals surface area contributed by atoms with Crippen LogP contribution in [0.25, 0.3) is 11.5 Å². The van der Waals surface area contributed by atoms with Gasteiger partial charge in [0.2, 0.25) is 5.78 Å². The number of ether oxygens (including phenoxy) is 2. The van der Waals surface area contributed by atoms with Gasteiger partial charge in [0.15, 0.2) is 12.4 Å². The minimum Gasteiger partial charge on any atom is -0.454 e. The fourth-order valence-corrected chi connectivity index (χ4v) is 3.81. The Bertz CT molecular complexity index is 1090. The van der Waals surface area contributed by atoms with E-state index in [-0.39, 0.29) is 18.5 Å². The van der Waals surface area contributed by atoms with Gasteiger partial charge in [0.05, 0.1) is 11.7 Å². The summed E-state index contributed by atoms with van der Waals surface area (Å²) in [6, 6.07) is 8.46. The molecule has 0 bridgehead atoms. The van der Waals surface area contributed by atoms with Crippen LogP contribution >= 0.6 is 0 Å². The van der Waals surface area contributed by atoms with Crippen molar-refractivity contribution in [2.24, 2.45) is 0 Å². The van der Waals surface area contributed by atoms with Crippen LogP contribution in [0.15, 0.2) is 34.9 Å². The summed E-state index contributed by atoms with van der Waals surface area (Å²) < 4.78 is 18.2. The Hall–Kier alpha value is -3.26. The molecule has 1 aliphatic rings. The maximum Gasteiger partial charge on any atom is 0.338 e. The summed E-state index contributed by atoms with van der Waals surface area (Å²) in [5.74, 6) is 0.130. The van der Waals surface area contributed by atoms with Crippen molar-refractivity contribution >= 4 is 11.8 Å². The highest BCUT2D eigenvalue weighted by atomic mass is 16.5. The SMILES string of the molecule is Cc1noc(-c2ccc(C(=O)OCC(=O)c3cc(C)n(C[C@H]4CCCO4)c3C)cc2)n1. The second-order valence-corrected chi connectivity index (χ2v) is 7.75. The molecule has 0 spiro atoms. The van der Waals surface area contributed by atoms with Crippen LogP contribution in [0.2, 0.25) is 0 Å². The van der Waals surface area contributed by atoms with E-state index in [1.54, 1.807) is 31.2 Å². The maximum atomic E-state index is 12.7. The van der Waals surface area contributed by atoms with Gasteiger partial charge in [0, 0.05) is 35.7 Å². The predicted molar refractivity (Wildman–Crippen MR) is 112 cm³/mol. The molecule has 1 atom stereocenters. The van der Waals surface area contributed by atoms with Crippen LogP contribution in [0.5, 0.6) is 0 Å². The summed E-state index contributed by atoms with van der Waals surface area (Å²) in [5, 5.41) is 3.75. The molecule has 8 heteroatoms. The number of aromatic nitrogens is 3. The molecule has 0 N–H and O–H groups in total. The zero-order chi connectivity index (χ0) is 22.0. The molecule has 31 heavy (non-hydrogen) atoms. The molecule has 3 aromatic rings. The third kappa shape index (κ3) is 4.59. The molecule has 0 amide bonds. The monoisotopic (exact) mass is 423 g/mol. The summed E-state index contributed by atoms with van der Waals surface area (Å²) in [7, 11) is 0. The quantitative estimate of drug-likeness (QED) is 0.422. The fourth-order valence-electron chi connectivity index (χ4n) is 3.81. The molecule has 1 fully saturated rings. The van der Waals surface area contributed by atoms with Gasteiger partial charge in [0.25, 0.3) is 5.89 Å². The van der Waals surface area contributed by atoms with E-state index in [1.165, 1.54) is 0 Å². The highest BCUT2D eigenvalue weighted by Crippen LogP contribution is 2.21. The number of ketones is 1. The second-order valence-electron chi connectivity index (χ2n) is 7.75. The van der Waals surface area contributed by atoms with Crippen LogP contribution in [0, 0.1) is 20.8 Å². The summed E-state index contributed by atoms with van der Waals surface area (Å²) in [6.07, 6.45) is 2.29. The standard InChI is InChI=1S/C23H25N3O5/c1-14-11-20(15(2)26(14)12-19-5-4-10-29-19)21(27)13-30-23(28)18-8-6-17(7-9-18)22-24-16(3)25-31-22/h6-9,11,19H,4-5,10,12-13H2,1-3H3/t19-/m1/s1. The average molecular weight is 423 g/mol. The molecule has 0 saturated carbocycles. The van der Waals surface area contributed by atoms with Gasteiger partial charge in [-0.05, 0) is 63.9 Å². The molecule has 4 rings (SSSR count). The van der Waals surface area contributed by atoms with Crippen molar-refractivity contribution in [3.63, 3.8) is 0 Å². The first-order valence-electron chi connectivity index (χ1n) is 10.3. The van der Waals surface area contributed by atoms with Crippen molar-refractivity contribution in [2.45, 2.75) is 46.3 Å². The minimum atomic E-state index is -0.560. The summed E-state index contributed by atoms with van der Waals surface area (Å²) in [6.45, 7) is 6.83. The van der Waals surface area contributed by atoms with Crippen molar-refractivity contribution in [1.82, 2.24) is 14.7 Å². The Balaban J connectivity index is 1.37. The Morgan fingerprint density at radius 1 is 1.19 bits per heavy atom. The fraction of sp³-hybridized carbons (Fsp3) is 0.391. The Labute approximate surface area is 180 Å². The van der Waals surface area contributed by atoms with E-state index in [4.69, 9.17) is 14.0 Å². The third-order valence-electron chi connectivity index (χ3n) is 5.51. The molecule has 3 heterocycles. The van der Waals surface area contributed by atoms with Crippen LogP contribution in [0.3, 0.4) is 0 Å². The van der Waals surface area contributed by atoms with E-state index < -0.39 is 5.97 Å². The van der Waals surface area contributed by atoms with Gasteiger partial charge in [0.1, 0.15) is 0 Å². The summed E-state index contributed by atoms with van der Waals surface area (Å²) >= 11 is 0. The lowest BCUT2D eigenvalue weighted by Crippen LogP contribution is -2.18. The summed E-state index contributed by atoms with van der Waals surface area (Å²) in [5.41, 5.74) is 3.48. The number of hydrogen-bond donors (Lipinski definition) is 0. The van der Waals surface area contributed by atoms with Crippen molar-refractivity contribution < 1.29 is 23.6 Å². The molecular formula is C23H25N3O5. The third-order valence-corrected chi connectivity index (χ3v) is 5.51. The molecule has 0 radical (unpaired) electrons. The van der Waals surface area contributed by atoms with Gasteiger partial charge < -0.3 is 18.6 Å². The van der Waals surface area contributed by atoms with Gasteiger partial charge in [-0.2, -0.15) is 4.98 Å². The number of carbonyl (C=O) groups excluding carboxylic acids is 2. The van der Waals surface area contributed by atoms with Crippen molar-refractivity contribution in [2.75, 3.05) is 13.2 Å². The highest BCUT2D eigenvalue weighted by Gasteiger charge is 2.22. The number of Topliss-reactive ketones (excluding diaryl/α,β-unsaturated/α-hetero) is 1. The minimum absolute atomic E-state index is 0.185. The topological polar surface area (TPSA) is 96.5 Å². The second kappa shape index (κ2) is 8.85. The van der Waals surface area contributed by atoms with Crippen LogP contribution in [0.1, 0.15) is 50.8 Å². The molecule has 162 valence electrons. The molecule has 1 aliphatic heterocycles. The van der Waals surface area contributed by atoms with Gasteiger partial charge in [-0.3, -0.25) is 4.79 Å². The first-order valence-corrected chi connectivity index (χ1v) is 10.3. The molecule has 1 saturated heterocycles. The molecule has 2 aromatic heterocycles. The van der Waals surface area contributed by atoms with Crippen LogP contribution in [-0.2, 0) is 16.0 Å². The van der Waals surface area contributed by atoms with E-state index >= 15 is 0 Å². The molecule has 0 unspecified atom stereocenters. The zero-order valence-corrected chi connectivity index (χ0v) is 17.9. The zero-order valence-electron chi connectivity index (χ0n) is 17.9. The lowest BCUT2D eigenvalue weighted by atomic mass is 10.1. The number of benzene rings is 1. The number of carbonyl (C=O) groups is 2. The largest absolute Gasteiger partial charge is 0.454 e. The number of aryl methyl sites for hydroxylation is 2. The van der Waals surface area contributed by atoms with Crippen molar-refractivity contribution in [3.8, 4) is 11.5 Å². The first kappa shape index (κ1) is 21.0. The average Bonchev–Trinajstić information content (AvgIpc) is 3.50. The van der Waals surface area contributed by atoms with Crippen LogP contribution < -0.4 is 0 Å². The predicted octanol–water partition coefficient (Wildman–Crippen LogP) is 3.68.